The van der Waals surface area contributed by atoms with Crippen molar-refractivity contribution in [2.24, 2.45) is 10.7 Å². The number of unbranched alkanes of at least 4 members (excludes halogenated alkanes) is 2. The van der Waals surface area contributed by atoms with Crippen molar-refractivity contribution in [3.05, 3.63) is 58.8 Å². The lowest BCUT2D eigenvalue weighted by molar-refractivity contribution is 0.711. The molecule has 1 unspecified atom stereocenters. The van der Waals surface area contributed by atoms with Gasteiger partial charge in [0.25, 0.3) is 0 Å². The molecule has 0 saturated carbocycles. The standard InChI is InChI=1S/C20H27N3/c1-3-4-6-11-17(14-21)20-15(2)19(22)18(12-13-23-20)16-9-7-5-8-10-16/h5,7-11,14,18,21H,3-4,6,12-13,22H2,1-2H3/b17-11+,21-14?. The fourth-order valence-corrected chi connectivity index (χ4v) is 3.00. The number of nitrogens with two attached hydrogens (primary N) is 1. The Balaban J connectivity index is 2.32. The van der Waals surface area contributed by atoms with Gasteiger partial charge in [0.05, 0.1) is 5.71 Å². The molecule has 3 nitrogen and oxygen atoms in total. The summed E-state index contributed by atoms with van der Waals surface area (Å²) >= 11 is 0. The van der Waals surface area contributed by atoms with Gasteiger partial charge in [0.15, 0.2) is 0 Å². The minimum Gasteiger partial charge on any atom is -0.401 e. The van der Waals surface area contributed by atoms with Crippen LogP contribution in [-0.4, -0.2) is 18.5 Å². The molecule has 0 spiro atoms. The maximum atomic E-state index is 7.74. The SMILES string of the molecule is CCCC/C=C(\C=N)C1=NCCC(c2ccccc2)C(N)=C1C. The summed E-state index contributed by atoms with van der Waals surface area (Å²) in [5.74, 6) is 0.208. The summed E-state index contributed by atoms with van der Waals surface area (Å²) in [6.45, 7) is 4.95. The molecule has 1 aromatic carbocycles. The van der Waals surface area contributed by atoms with Gasteiger partial charge in [-0.25, -0.2) is 0 Å². The fourth-order valence-electron chi connectivity index (χ4n) is 3.00. The molecule has 1 aromatic rings. The lowest BCUT2D eigenvalue weighted by Gasteiger charge is -2.18. The molecule has 0 fully saturated rings. The number of hydrogen-bond donors (Lipinski definition) is 2. The lowest BCUT2D eigenvalue weighted by Crippen LogP contribution is -2.16. The minimum atomic E-state index is 0.208. The van der Waals surface area contributed by atoms with Crippen molar-refractivity contribution >= 4 is 11.9 Å². The van der Waals surface area contributed by atoms with E-state index in [0.29, 0.717) is 0 Å². The van der Waals surface area contributed by atoms with Gasteiger partial charge < -0.3 is 11.1 Å². The molecule has 1 heterocycles. The first-order valence-electron chi connectivity index (χ1n) is 8.46. The van der Waals surface area contributed by atoms with Crippen LogP contribution in [0.5, 0.6) is 0 Å². The van der Waals surface area contributed by atoms with Crippen molar-refractivity contribution < 1.29 is 0 Å². The quantitative estimate of drug-likeness (QED) is 0.585. The number of hydrogen-bond acceptors (Lipinski definition) is 3. The molecule has 2 rings (SSSR count). The second-order valence-electron chi connectivity index (χ2n) is 6.01. The van der Waals surface area contributed by atoms with Crippen LogP contribution in [0.4, 0.5) is 0 Å². The molecule has 0 bridgehead atoms. The Labute approximate surface area is 139 Å². The Kier molecular flexibility index (Phi) is 6.33. The first-order chi connectivity index (χ1) is 11.2. The largest absolute Gasteiger partial charge is 0.401 e. The average Bonchev–Trinajstić information content (AvgIpc) is 2.73. The molecule has 1 atom stereocenters. The number of benzene rings is 1. The van der Waals surface area contributed by atoms with Gasteiger partial charge in [-0.15, -0.1) is 0 Å². The molecule has 23 heavy (non-hydrogen) atoms. The number of aliphatic imine (C=N–C) groups is 1. The van der Waals surface area contributed by atoms with E-state index in [1.807, 2.05) is 13.0 Å². The Morgan fingerprint density at radius 3 is 2.74 bits per heavy atom. The first-order valence-corrected chi connectivity index (χ1v) is 8.46. The van der Waals surface area contributed by atoms with Crippen molar-refractivity contribution in [2.75, 3.05) is 6.54 Å². The third-order valence-electron chi connectivity index (χ3n) is 4.40. The summed E-state index contributed by atoms with van der Waals surface area (Å²) in [4.78, 5) is 4.74. The Bertz CT molecular complexity index is 624. The lowest BCUT2D eigenvalue weighted by atomic mass is 9.89. The summed E-state index contributed by atoms with van der Waals surface area (Å²) in [5, 5.41) is 7.74. The van der Waals surface area contributed by atoms with Gasteiger partial charge in [-0.05, 0) is 30.9 Å². The van der Waals surface area contributed by atoms with Crippen molar-refractivity contribution in [1.82, 2.24) is 0 Å². The number of nitrogens with one attached hydrogen (secondary N) is 1. The van der Waals surface area contributed by atoms with E-state index in [1.54, 1.807) is 0 Å². The molecular weight excluding hydrogens is 282 g/mol. The van der Waals surface area contributed by atoms with E-state index in [9.17, 15) is 0 Å². The number of rotatable bonds is 6. The normalized spacial score (nSPS) is 19.3. The van der Waals surface area contributed by atoms with Crippen molar-refractivity contribution in [3.63, 3.8) is 0 Å². The van der Waals surface area contributed by atoms with Gasteiger partial charge in [0.2, 0.25) is 0 Å². The fraction of sp³-hybridized carbons (Fsp3) is 0.400. The minimum absolute atomic E-state index is 0.208. The zero-order valence-electron chi connectivity index (χ0n) is 14.2. The Morgan fingerprint density at radius 1 is 1.35 bits per heavy atom. The summed E-state index contributed by atoms with van der Waals surface area (Å²) in [5.41, 5.74) is 11.4. The third-order valence-corrected chi connectivity index (χ3v) is 4.40. The van der Waals surface area contributed by atoms with Gasteiger partial charge in [-0.2, -0.15) is 0 Å². The van der Waals surface area contributed by atoms with E-state index in [0.717, 1.165) is 54.8 Å². The third kappa shape index (κ3) is 4.19. The molecule has 1 aliphatic rings. The molecule has 0 saturated heterocycles. The van der Waals surface area contributed by atoms with Gasteiger partial charge in [0.1, 0.15) is 0 Å². The summed E-state index contributed by atoms with van der Waals surface area (Å²) in [6.07, 6.45) is 7.71. The van der Waals surface area contributed by atoms with E-state index in [-0.39, 0.29) is 5.92 Å². The van der Waals surface area contributed by atoms with Crippen LogP contribution in [0.2, 0.25) is 0 Å². The maximum Gasteiger partial charge on any atom is 0.0705 e. The van der Waals surface area contributed by atoms with Crippen LogP contribution in [0.1, 0.15) is 51.0 Å². The molecule has 3 N–H and O–H groups in total. The highest BCUT2D eigenvalue weighted by Gasteiger charge is 2.22. The van der Waals surface area contributed by atoms with Crippen LogP contribution < -0.4 is 5.73 Å². The number of nitrogens with zero attached hydrogens (tertiary/aromatic N) is 1. The van der Waals surface area contributed by atoms with E-state index in [2.05, 4.69) is 37.3 Å². The molecule has 0 aliphatic carbocycles. The molecular formula is C20H27N3. The van der Waals surface area contributed by atoms with Crippen LogP contribution >= 0.6 is 0 Å². The van der Waals surface area contributed by atoms with Crippen LogP contribution in [0.15, 0.2) is 58.2 Å². The predicted molar refractivity (Wildman–Crippen MR) is 99.4 cm³/mol. The topological polar surface area (TPSA) is 62.2 Å². The summed E-state index contributed by atoms with van der Waals surface area (Å²) in [6, 6.07) is 10.4. The Morgan fingerprint density at radius 2 is 2.09 bits per heavy atom. The summed E-state index contributed by atoms with van der Waals surface area (Å²) < 4.78 is 0. The second kappa shape index (κ2) is 8.47. The second-order valence-corrected chi connectivity index (χ2v) is 6.01. The number of allylic oxidation sites excluding steroid dienone is 4. The van der Waals surface area contributed by atoms with E-state index >= 15 is 0 Å². The van der Waals surface area contributed by atoms with Gasteiger partial charge in [-0.1, -0.05) is 56.2 Å². The summed E-state index contributed by atoms with van der Waals surface area (Å²) in [7, 11) is 0. The smallest absolute Gasteiger partial charge is 0.0705 e. The highest BCUT2D eigenvalue weighted by molar-refractivity contribution is 6.23. The maximum absolute atomic E-state index is 7.74. The predicted octanol–water partition coefficient (Wildman–Crippen LogP) is 4.61. The van der Waals surface area contributed by atoms with Crippen molar-refractivity contribution in [3.8, 4) is 0 Å². The van der Waals surface area contributed by atoms with Gasteiger partial charge >= 0.3 is 0 Å². The molecule has 0 aromatic heterocycles. The van der Waals surface area contributed by atoms with Crippen LogP contribution in [0.3, 0.4) is 0 Å². The molecule has 1 aliphatic heterocycles. The zero-order valence-corrected chi connectivity index (χ0v) is 14.2. The van der Waals surface area contributed by atoms with Crippen LogP contribution in [0.25, 0.3) is 0 Å². The van der Waals surface area contributed by atoms with Crippen LogP contribution in [0, 0.1) is 5.41 Å². The molecule has 0 radical (unpaired) electrons. The first kappa shape index (κ1) is 17.2. The van der Waals surface area contributed by atoms with Gasteiger partial charge in [0, 0.05) is 29.9 Å². The highest BCUT2D eigenvalue weighted by Crippen LogP contribution is 2.30. The molecule has 0 amide bonds. The molecule has 3 heteroatoms. The van der Waals surface area contributed by atoms with Crippen LogP contribution in [-0.2, 0) is 0 Å². The van der Waals surface area contributed by atoms with Gasteiger partial charge in [-0.3, -0.25) is 4.99 Å². The van der Waals surface area contributed by atoms with Crippen molar-refractivity contribution in [2.45, 2.75) is 45.4 Å². The van der Waals surface area contributed by atoms with E-state index in [1.165, 1.54) is 11.8 Å². The zero-order chi connectivity index (χ0) is 16.7. The average molecular weight is 309 g/mol. The highest BCUT2D eigenvalue weighted by atomic mass is 14.8. The van der Waals surface area contributed by atoms with E-state index in [4.69, 9.17) is 16.1 Å². The van der Waals surface area contributed by atoms with E-state index < -0.39 is 0 Å². The molecule has 122 valence electrons. The monoisotopic (exact) mass is 309 g/mol. The van der Waals surface area contributed by atoms with Crippen molar-refractivity contribution in [1.29, 1.82) is 5.41 Å². The Hall–Kier alpha value is -2.16.